The van der Waals surface area contributed by atoms with Crippen molar-refractivity contribution < 1.29 is 9.59 Å². The third kappa shape index (κ3) is 3.68. The van der Waals surface area contributed by atoms with Crippen molar-refractivity contribution in [1.29, 1.82) is 0 Å². The molecule has 4 heteroatoms. The number of carbonyl (C=O) groups excluding carboxylic acids is 2. The number of hydrogen-bond donors (Lipinski definition) is 1. The monoisotopic (exact) mass is 224 g/mol. The maximum atomic E-state index is 11.6. The molecule has 90 valence electrons. The van der Waals surface area contributed by atoms with Crippen LogP contribution >= 0.6 is 0 Å². The van der Waals surface area contributed by atoms with Crippen LogP contribution in [0.15, 0.2) is 11.6 Å². The fourth-order valence-corrected chi connectivity index (χ4v) is 1.77. The maximum absolute atomic E-state index is 11.6. The van der Waals surface area contributed by atoms with Crippen LogP contribution in [0, 0.1) is 0 Å². The second-order valence-electron chi connectivity index (χ2n) is 4.07. The Morgan fingerprint density at radius 2 is 1.94 bits per heavy atom. The molecule has 1 heterocycles. The zero-order valence-corrected chi connectivity index (χ0v) is 10.1. The molecule has 0 radical (unpaired) electrons. The van der Waals surface area contributed by atoms with E-state index in [-0.39, 0.29) is 18.4 Å². The normalized spacial score (nSPS) is 16.4. The van der Waals surface area contributed by atoms with E-state index in [1.807, 2.05) is 13.0 Å². The summed E-state index contributed by atoms with van der Waals surface area (Å²) in [5, 5.41) is 2.65. The van der Waals surface area contributed by atoms with E-state index in [0.29, 0.717) is 5.57 Å². The Balaban J connectivity index is 2.31. The van der Waals surface area contributed by atoms with Gasteiger partial charge in [-0.2, -0.15) is 0 Å². The van der Waals surface area contributed by atoms with E-state index in [0.717, 1.165) is 32.4 Å². The molecule has 0 bridgehead atoms. The van der Waals surface area contributed by atoms with Crippen LogP contribution in [-0.2, 0) is 9.59 Å². The molecule has 0 aromatic carbocycles. The molecule has 1 N–H and O–H groups in total. The van der Waals surface area contributed by atoms with E-state index in [2.05, 4.69) is 5.32 Å². The molecule has 16 heavy (non-hydrogen) atoms. The molecule has 1 aliphatic rings. The fraction of sp³-hybridized carbons (Fsp3) is 0.667. The van der Waals surface area contributed by atoms with E-state index >= 15 is 0 Å². The van der Waals surface area contributed by atoms with Crippen molar-refractivity contribution in [2.75, 3.05) is 19.6 Å². The summed E-state index contributed by atoms with van der Waals surface area (Å²) in [7, 11) is 0. The second kappa shape index (κ2) is 6.30. The average Bonchev–Trinajstić information content (AvgIpc) is 2.79. The van der Waals surface area contributed by atoms with Gasteiger partial charge in [0.05, 0.1) is 6.54 Å². The highest BCUT2D eigenvalue weighted by atomic mass is 16.2. The standard InChI is InChI=1S/C12H20N2O2/c1-3-6-10(2)12(16)13-9-11(15)14-7-4-5-8-14/h6H,3-5,7-9H2,1-2H3,(H,13,16)/b10-6+. The summed E-state index contributed by atoms with van der Waals surface area (Å²) in [6.45, 7) is 5.52. The average molecular weight is 224 g/mol. The predicted molar refractivity (Wildman–Crippen MR) is 62.9 cm³/mol. The summed E-state index contributed by atoms with van der Waals surface area (Å²) >= 11 is 0. The Hall–Kier alpha value is -1.32. The molecule has 0 unspecified atom stereocenters. The van der Waals surface area contributed by atoms with Crippen molar-refractivity contribution in [1.82, 2.24) is 10.2 Å². The van der Waals surface area contributed by atoms with Crippen molar-refractivity contribution in [2.45, 2.75) is 33.1 Å². The van der Waals surface area contributed by atoms with Gasteiger partial charge < -0.3 is 10.2 Å². The third-order valence-corrected chi connectivity index (χ3v) is 2.73. The Labute approximate surface area is 96.7 Å². The highest BCUT2D eigenvalue weighted by Gasteiger charge is 2.18. The number of allylic oxidation sites excluding steroid dienone is 1. The molecule has 0 atom stereocenters. The number of nitrogens with zero attached hydrogens (tertiary/aromatic N) is 1. The van der Waals surface area contributed by atoms with Crippen LogP contribution in [0.1, 0.15) is 33.1 Å². The van der Waals surface area contributed by atoms with Crippen molar-refractivity contribution in [3.8, 4) is 0 Å². The molecule has 1 aliphatic heterocycles. The number of nitrogens with one attached hydrogen (secondary N) is 1. The summed E-state index contributed by atoms with van der Waals surface area (Å²) in [6.07, 6.45) is 4.85. The van der Waals surface area contributed by atoms with Gasteiger partial charge in [-0.3, -0.25) is 9.59 Å². The van der Waals surface area contributed by atoms with Gasteiger partial charge in [0.2, 0.25) is 11.8 Å². The first kappa shape index (κ1) is 12.7. The van der Waals surface area contributed by atoms with Crippen LogP contribution in [0.4, 0.5) is 0 Å². The van der Waals surface area contributed by atoms with Gasteiger partial charge in [0.25, 0.3) is 0 Å². The molecule has 0 aliphatic carbocycles. The van der Waals surface area contributed by atoms with Crippen molar-refractivity contribution in [3.05, 3.63) is 11.6 Å². The lowest BCUT2D eigenvalue weighted by atomic mass is 10.2. The number of amides is 2. The number of hydrogen-bond acceptors (Lipinski definition) is 2. The Bertz CT molecular complexity index is 291. The van der Waals surface area contributed by atoms with E-state index in [1.54, 1.807) is 11.8 Å². The van der Waals surface area contributed by atoms with E-state index in [4.69, 9.17) is 0 Å². The third-order valence-electron chi connectivity index (χ3n) is 2.73. The van der Waals surface area contributed by atoms with Gasteiger partial charge in [0.15, 0.2) is 0 Å². The first-order valence-corrected chi connectivity index (χ1v) is 5.88. The topological polar surface area (TPSA) is 49.4 Å². The maximum Gasteiger partial charge on any atom is 0.247 e. The zero-order valence-electron chi connectivity index (χ0n) is 10.1. The van der Waals surface area contributed by atoms with Gasteiger partial charge >= 0.3 is 0 Å². The van der Waals surface area contributed by atoms with Gasteiger partial charge in [-0.1, -0.05) is 13.0 Å². The minimum Gasteiger partial charge on any atom is -0.343 e. The van der Waals surface area contributed by atoms with Gasteiger partial charge in [-0.15, -0.1) is 0 Å². The van der Waals surface area contributed by atoms with Crippen molar-refractivity contribution in [3.63, 3.8) is 0 Å². The minimum absolute atomic E-state index is 0.0233. The number of carbonyl (C=O) groups is 2. The molecule has 0 aromatic heterocycles. The highest BCUT2D eigenvalue weighted by molar-refractivity contribution is 5.95. The SMILES string of the molecule is CC/C=C(\C)C(=O)NCC(=O)N1CCCC1. The molecule has 0 aromatic rings. The lowest BCUT2D eigenvalue weighted by Gasteiger charge is -2.15. The molecular weight excluding hydrogens is 204 g/mol. The molecule has 1 fully saturated rings. The van der Waals surface area contributed by atoms with Crippen molar-refractivity contribution >= 4 is 11.8 Å². The van der Waals surface area contributed by atoms with E-state index in [1.165, 1.54) is 0 Å². The Kier molecular flexibility index (Phi) is 5.02. The second-order valence-corrected chi connectivity index (χ2v) is 4.07. The lowest BCUT2D eigenvalue weighted by molar-refractivity contribution is -0.131. The predicted octanol–water partition coefficient (Wildman–Crippen LogP) is 1.08. The number of rotatable bonds is 4. The molecule has 1 rings (SSSR count). The molecule has 1 saturated heterocycles. The summed E-state index contributed by atoms with van der Waals surface area (Å²) in [5.41, 5.74) is 0.678. The quantitative estimate of drug-likeness (QED) is 0.726. The van der Waals surface area contributed by atoms with Crippen LogP contribution in [0.2, 0.25) is 0 Å². The fourth-order valence-electron chi connectivity index (χ4n) is 1.77. The van der Waals surface area contributed by atoms with E-state index in [9.17, 15) is 9.59 Å². The van der Waals surface area contributed by atoms with Gasteiger partial charge in [-0.25, -0.2) is 0 Å². The molecule has 0 spiro atoms. The lowest BCUT2D eigenvalue weighted by Crippen LogP contribution is -2.38. The number of likely N-dealkylation sites (tertiary alicyclic amines) is 1. The molecule has 2 amide bonds. The highest BCUT2D eigenvalue weighted by Crippen LogP contribution is 2.06. The van der Waals surface area contributed by atoms with Gasteiger partial charge in [0.1, 0.15) is 0 Å². The molecule has 0 saturated carbocycles. The van der Waals surface area contributed by atoms with Crippen LogP contribution in [-0.4, -0.2) is 36.3 Å². The zero-order chi connectivity index (χ0) is 12.0. The first-order chi connectivity index (χ1) is 7.65. The Morgan fingerprint density at radius 3 is 2.50 bits per heavy atom. The van der Waals surface area contributed by atoms with Crippen LogP contribution in [0.3, 0.4) is 0 Å². The summed E-state index contributed by atoms with van der Waals surface area (Å²) in [6, 6.07) is 0. The summed E-state index contributed by atoms with van der Waals surface area (Å²) in [4.78, 5) is 24.9. The smallest absolute Gasteiger partial charge is 0.247 e. The summed E-state index contributed by atoms with van der Waals surface area (Å²) < 4.78 is 0. The first-order valence-electron chi connectivity index (χ1n) is 5.88. The van der Waals surface area contributed by atoms with Crippen LogP contribution in [0.5, 0.6) is 0 Å². The van der Waals surface area contributed by atoms with Crippen LogP contribution < -0.4 is 5.32 Å². The van der Waals surface area contributed by atoms with Crippen molar-refractivity contribution in [2.24, 2.45) is 0 Å². The molecule has 4 nitrogen and oxygen atoms in total. The van der Waals surface area contributed by atoms with Crippen LogP contribution in [0.25, 0.3) is 0 Å². The molecular formula is C12H20N2O2. The summed E-state index contributed by atoms with van der Waals surface area (Å²) in [5.74, 6) is -0.121. The van der Waals surface area contributed by atoms with Gasteiger partial charge in [-0.05, 0) is 26.2 Å². The minimum atomic E-state index is -0.144. The Morgan fingerprint density at radius 1 is 1.31 bits per heavy atom. The van der Waals surface area contributed by atoms with Gasteiger partial charge in [0, 0.05) is 18.7 Å². The largest absolute Gasteiger partial charge is 0.343 e. The van der Waals surface area contributed by atoms with E-state index < -0.39 is 0 Å².